The maximum Gasteiger partial charge on any atom is 0.242 e. The van der Waals surface area contributed by atoms with Gasteiger partial charge in [-0.3, -0.25) is 14.8 Å². The Labute approximate surface area is 191 Å². The molecule has 0 aliphatic carbocycles. The van der Waals surface area contributed by atoms with Crippen LogP contribution in [-0.2, 0) is 11.3 Å². The highest BCUT2D eigenvalue weighted by molar-refractivity contribution is 5.91. The standard InChI is InChI=1S/C23H26N6O4/c1-31-21-3-2-17-23(27-21)18(4-5-25-17)29-9-8-28(22(30)15-29)7-6-24-13-16-12-19-20(14-26-16)33-11-10-32-19/h2-5,12,14,24H,6-11,13,15H2,1H3. The zero-order chi connectivity index (χ0) is 22.6. The van der Waals surface area contributed by atoms with Gasteiger partial charge in [-0.25, -0.2) is 4.98 Å². The monoisotopic (exact) mass is 450 g/mol. The number of hydrogen-bond acceptors (Lipinski definition) is 9. The molecular weight excluding hydrogens is 424 g/mol. The molecule has 172 valence electrons. The molecule has 33 heavy (non-hydrogen) atoms. The molecule has 0 atom stereocenters. The second-order valence-corrected chi connectivity index (χ2v) is 7.85. The van der Waals surface area contributed by atoms with Crippen LogP contribution in [0.15, 0.2) is 36.7 Å². The largest absolute Gasteiger partial charge is 0.486 e. The quantitative estimate of drug-likeness (QED) is 0.533. The Balaban J connectivity index is 1.15. The minimum Gasteiger partial charge on any atom is -0.486 e. The van der Waals surface area contributed by atoms with Gasteiger partial charge in [-0.05, 0) is 12.1 Å². The van der Waals surface area contributed by atoms with Gasteiger partial charge in [-0.15, -0.1) is 0 Å². The number of fused-ring (bicyclic) bond motifs is 2. The SMILES string of the molecule is COc1ccc2nccc(N3CCN(CCNCc4cc5c(cn4)OCCO5)C(=O)C3)c2n1. The molecule has 0 spiro atoms. The smallest absolute Gasteiger partial charge is 0.242 e. The van der Waals surface area contributed by atoms with E-state index in [0.717, 1.165) is 34.7 Å². The van der Waals surface area contributed by atoms with Crippen LogP contribution in [0.5, 0.6) is 17.4 Å². The molecular formula is C23H26N6O4. The summed E-state index contributed by atoms with van der Waals surface area (Å²) in [7, 11) is 1.59. The highest BCUT2D eigenvalue weighted by atomic mass is 16.6. The Hall–Kier alpha value is -3.66. The molecule has 1 fully saturated rings. The number of carbonyl (C=O) groups excluding carboxylic acids is 1. The molecule has 3 aromatic heterocycles. The van der Waals surface area contributed by atoms with E-state index in [1.54, 1.807) is 25.6 Å². The first kappa shape index (κ1) is 21.2. The predicted octanol–water partition coefficient (Wildman–Crippen LogP) is 1.24. The van der Waals surface area contributed by atoms with E-state index in [4.69, 9.17) is 14.2 Å². The minimum absolute atomic E-state index is 0.0911. The van der Waals surface area contributed by atoms with E-state index in [1.807, 2.05) is 23.1 Å². The van der Waals surface area contributed by atoms with E-state index in [-0.39, 0.29) is 5.91 Å². The van der Waals surface area contributed by atoms with E-state index >= 15 is 0 Å². The van der Waals surface area contributed by atoms with Gasteiger partial charge in [0, 0.05) is 51.1 Å². The van der Waals surface area contributed by atoms with Crippen molar-refractivity contribution in [2.24, 2.45) is 0 Å². The minimum atomic E-state index is 0.0911. The van der Waals surface area contributed by atoms with Crippen molar-refractivity contribution in [3.63, 3.8) is 0 Å². The molecule has 1 saturated heterocycles. The lowest BCUT2D eigenvalue weighted by molar-refractivity contribution is -0.130. The summed E-state index contributed by atoms with van der Waals surface area (Å²) in [6.07, 6.45) is 3.44. The number of rotatable bonds is 7. The van der Waals surface area contributed by atoms with Crippen LogP contribution in [0.1, 0.15) is 5.69 Å². The van der Waals surface area contributed by atoms with Crippen molar-refractivity contribution >= 4 is 22.6 Å². The van der Waals surface area contributed by atoms with Crippen LogP contribution >= 0.6 is 0 Å². The fraction of sp³-hybridized carbons (Fsp3) is 0.391. The number of ether oxygens (including phenoxy) is 3. The van der Waals surface area contributed by atoms with Gasteiger partial charge < -0.3 is 29.3 Å². The lowest BCUT2D eigenvalue weighted by atomic mass is 10.2. The summed E-state index contributed by atoms with van der Waals surface area (Å²) in [6.45, 7) is 4.71. The first-order valence-electron chi connectivity index (χ1n) is 11.0. The van der Waals surface area contributed by atoms with Crippen LogP contribution in [0.4, 0.5) is 5.69 Å². The van der Waals surface area contributed by atoms with Crippen molar-refractivity contribution in [1.82, 2.24) is 25.2 Å². The van der Waals surface area contributed by atoms with Crippen LogP contribution in [0.2, 0.25) is 0 Å². The molecule has 0 saturated carbocycles. The van der Waals surface area contributed by atoms with E-state index in [2.05, 4.69) is 25.2 Å². The lowest BCUT2D eigenvalue weighted by Crippen LogP contribution is -2.52. The van der Waals surface area contributed by atoms with Crippen molar-refractivity contribution in [3.05, 3.63) is 42.4 Å². The molecule has 1 amide bonds. The van der Waals surface area contributed by atoms with Crippen LogP contribution in [0, 0.1) is 0 Å². The third-order valence-electron chi connectivity index (χ3n) is 5.76. The van der Waals surface area contributed by atoms with Crippen molar-refractivity contribution in [2.45, 2.75) is 6.54 Å². The number of anilines is 1. The molecule has 10 nitrogen and oxygen atoms in total. The number of aromatic nitrogens is 3. The molecule has 5 rings (SSSR count). The summed E-state index contributed by atoms with van der Waals surface area (Å²) in [6, 6.07) is 7.47. The summed E-state index contributed by atoms with van der Waals surface area (Å²) in [5.74, 6) is 2.04. The van der Waals surface area contributed by atoms with E-state index in [9.17, 15) is 4.79 Å². The first-order chi connectivity index (χ1) is 16.2. The molecule has 0 aromatic carbocycles. The maximum atomic E-state index is 12.8. The van der Waals surface area contributed by atoms with Gasteiger partial charge in [0.05, 0.1) is 36.7 Å². The second-order valence-electron chi connectivity index (χ2n) is 7.85. The highest BCUT2D eigenvalue weighted by Crippen LogP contribution is 2.29. The van der Waals surface area contributed by atoms with Crippen LogP contribution in [0.25, 0.3) is 11.0 Å². The Morgan fingerprint density at radius 1 is 1.12 bits per heavy atom. The molecule has 5 heterocycles. The van der Waals surface area contributed by atoms with Crippen molar-refractivity contribution in [3.8, 4) is 17.4 Å². The number of piperazine rings is 1. The number of carbonyl (C=O) groups is 1. The molecule has 2 aliphatic heterocycles. The second kappa shape index (κ2) is 9.45. The molecule has 0 bridgehead atoms. The van der Waals surface area contributed by atoms with Crippen molar-refractivity contribution < 1.29 is 19.0 Å². The van der Waals surface area contributed by atoms with E-state index < -0.39 is 0 Å². The first-order valence-corrected chi connectivity index (χ1v) is 11.0. The van der Waals surface area contributed by atoms with Gasteiger partial charge >= 0.3 is 0 Å². The number of methoxy groups -OCH3 is 1. The summed E-state index contributed by atoms with van der Waals surface area (Å²) in [4.78, 5) is 30.1. The summed E-state index contributed by atoms with van der Waals surface area (Å²) in [5, 5.41) is 3.36. The van der Waals surface area contributed by atoms with Crippen LogP contribution in [0.3, 0.4) is 0 Å². The maximum absolute atomic E-state index is 12.8. The zero-order valence-electron chi connectivity index (χ0n) is 18.5. The van der Waals surface area contributed by atoms with Gasteiger partial charge in [0.15, 0.2) is 11.5 Å². The Bertz CT molecular complexity index is 1160. The fourth-order valence-electron chi connectivity index (χ4n) is 4.03. The predicted molar refractivity (Wildman–Crippen MR) is 122 cm³/mol. The molecule has 3 aromatic rings. The topological polar surface area (TPSA) is 102 Å². The van der Waals surface area contributed by atoms with Crippen LogP contribution in [-0.4, -0.2) is 78.8 Å². The number of nitrogens with zero attached hydrogens (tertiary/aromatic N) is 5. The number of pyridine rings is 3. The average molecular weight is 450 g/mol. The molecule has 1 N–H and O–H groups in total. The van der Waals surface area contributed by atoms with Gasteiger partial charge in [0.25, 0.3) is 0 Å². The molecule has 2 aliphatic rings. The average Bonchev–Trinajstić information content (AvgIpc) is 2.86. The summed E-state index contributed by atoms with van der Waals surface area (Å²) < 4.78 is 16.4. The third kappa shape index (κ3) is 4.61. The Morgan fingerprint density at radius 3 is 2.85 bits per heavy atom. The molecule has 10 heteroatoms. The Morgan fingerprint density at radius 2 is 2.00 bits per heavy atom. The van der Waals surface area contributed by atoms with Gasteiger partial charge in [0.2, 0.25) is 11.8 Å². The van der Waals surface area contributed by atoms with E-state index in [1.165, 1.54) is 0 Å². The number of amides is 1. The van der Waals surface area contributed by atoms with Crippen molar-refractivity contribution in [1.29, 1.82) is 0 Å². The third-order valence-corrected chi connectivity index (χ3v) is 5.76. The zero-order valence-corrected chi connectivity index (χ0v) is 18.5. The van der Waals surface area contributed by atoms with Gasteiger partial charge in [-0.2, -0.15) is 0 Å². The fourth-order valence-corrected chi connectivity index (χ4v) is 4.03. The summed E-state index contributed by atoms with van der Waals surface area (Å²) in [5.41, 5.74) is 3.30. The number of nitrogens with one attached hydrogen (secondary N) is 1. The molecule has 0 unspecified atom stereocenters. The lowest BCUT2D eigenvalue weighted by Gasteiger charge is -2.35. The normalized spacial score (nSPS) is 15.7. The molecule has 0 radical (unpaired) electrons. The van der Waals surface area contributed by atoms with E-state index in [0.29, 0.717) is 57.6 Å². The van der Waals surface area contributed by atoms with Crippen LogP contribution < -0.4 is 24.4 Å². The van der Waals surface area contributed by atoms with Crippen molar-refractivity contribution in [2.75, 3.05) is 57.9 Å². The highest BCUT2D eigenvalue weighted by Gasteiger charge is 2.25. The van der Waals surface area contributed by atoms with Gasteiger partial charge in [-0.1, -0.05) is 0 Å². The van der Waals surface area contributed by atoms with Gasteiger partial charge in [0.1, 0.15) is 18.7 Å². The Kier molecular flexibility index (Phi) is 6.07. The number of hydrogen-bond donors (Lipinski definition) is 1. The summed E-state index contributed by atoms with van der Waals surface area (Å²) >= 11 is 0.